The number of sulfonamides is 1. The van der Waals surface area contributed by atoms with E-state index in [1.807, 2.05) is 30.1 Å². The Bertz CT molecular complexity index is 635. The second kappa shape index (κ2) is 5.09. The van der Waals surface area contributed by atoms with E-state index in [-0.39, 0.29) is 16.6 Å². The number of nitrogens with zero attached hydrogens (tertiary/aromatic N) is 2. The van der Waals surface area contributed by atoms with Gasteiger partial charge in [-0.1, -0.05) is 11.6 Å². The predicted molar refractivity (Wildman–Crippen MR) is 68.7 cm³/mol. The molecule has 2 aromatic heterocycles. The van der Waals surface area contributed by atoms with E-state index >= 15 is 0 Å². The Hall–Kier alpha value is -1.37. The Kier molecular flexibility index (Phi) is 3.70. The van der Waals surface area contributed by atoms with Gasteiger partial charge in [-0.05, 0) is 23.8 Å². The first-order valence-corrected chi connectivity index (χ1v) is 7.05. The van der Waals surface area contributed by atoms with Crippen LogP contribution in [0, 0.1) is 0 Å². The maximum atomic E-state index is 11.9. The van der Waals surface area contributed by atoms with Gasteiger partial charge in [0.05, 0.1) is 0 Å². The summed E-state index contributed by atoms with van der Waals surface area (Å²) < 4.78 is 28.2. The molecule has 0 aliphatic heterocycles. The molecule has 5 nitrogen and oxygen atoms in total. The largest absolute Gasteiger partial charge is 0.357 e. The quantitative estimate of drug-likeness (QED) is 0.867. The number of aryl methyl sites for hydroxylation is 1. The minimum absolute atomic E-state index is 0.0998. The highest BCUT2D eigenvalue weighted by Crippen LogP contribution is 2.11. The zero-order valence-corrected chi connectivity index (χ0v) is 11.2. The Morgan fingerprint density at radius 3 is 2.72 bits per heavy atom. The van der Waals surface area contributed by atoms with Crippen LogP contribution in [0.1, 0.15) is 5.56 Å². The molecule has 0 aliphatic carbocycles. The van der Waals surface area contributed by atoms with E-state index in [4.69, 9.17) is 11.6 Å². The highest BCUT2D eigenvalue weighted by atomic mass is 35.5. The van der Waals surface area contributed by atoms with Crippen molar-refractivity contribution >= 4 is 21.6 Å². The van der Waals surface area contributed by atoms with E-state index in [0.29, 0.717) is 0 Å². The minimum Gasteiger partial charge on any atom is -0.357 e. The van der Waals surface area contributed by atoms with Crippen LogP contribution in [0.4, 0.5) is 0 Å². The molecule has 0 saturated carbocycles. The Morgan fingerprint density at radius 2 is 2.17 bits per heavy atom. The third kappa shape index (κ3) is 3.10. The number of pyridine rings is 1. The molecule has 7 heteroatoms. The van der Waals surface area contributed by atoms with Crippen molar-refractivity contribution in [2.75, 3.05) is 0 Å². The molecule has 2 aromatic rings. The Balaban J connectivity index is 2.10. The lowest BCUT2D eigenvalue weighted by molar-refractivity contribution is 0.581. The third-order valence-corrected chi connectivity index (χ3v) is 3.98. The molecule has 0 amide bonds. The van der Waals surface area contributed by atoms with Crippen LogP contribution in [-0.2, 0) is 23.6 Å². The smallest absolute Gasteiger partial charge is 0.242 e. The maximum Gasteiger partial charge on any atom is 0.242 e. The molecule has 0 fully saturated rings. The Labute approximate surface area is 110 Å². The van der Waals surface area contributed by atoms with Crippen molar-refractivity contribution in [2.45, 2.75) is 11.4 Å². The number of hydrogen-bond acceptors (Lipinski definition) is 3. The third-order valence-electron chi connectivity index (χ3n) is 2.37. The van der Waals surface area contributed by atoms with Crippen LogP contribution in [0.2, 0.25) is 5.15 Å². The topological polar surface area (TPSA) is 64.0 Å². The summed E-state index contributed by atoms with van der Waals surface area (Å²) in [4.78, 5) is 3.85. The van der Waals surface area contributed by atoms with Crippen LogP contribution < -0.4 is 4.72 Å². The first-order chi connectivity index (χ1) is 8.47. The van der Waals surface area contributed by atoms with Crippen molar-refractivity contribution in [3.05, 3.63) is 47.5 Å². The van der Waals surface area contributed by atoms with E-state index in [0.717, 1.165) is 5.56 Å². The molecule has 0 spiro atoms. The van der Waals surface area contributed by atoms with Crippen LogP contribution in [0.5, 0.6) is 0 Å². The van der Waals surface area contributed by atoms with Crippen LogP contribution in [-0.4, -0.2) is 18.0 Å². The fourth-order valence-corrected chi connectivity index (χ4v) is 2.52. The van der Waals surface area contributed by atoms with Gasteiger partial charge in [-0.3, -0.25) is 0 Å². The molecule has 0 saturated heterocycles. The molecule has 96 valence electrons. The van der Waals surface area contributed by atoms with Crippen molar-refractivity contribution in [3.8, 4) is 0 Å². The lowest BCUT2D eigenvalue weighted by Crippen LogP contribution is -2.23. The first-order valence-electron chi connectivity index (χ1n) is 5.19. The SMILES string of the molecule is Cn1ccc(CNS(=O)(=O)c2ccc(Cl)nc2)c1. The van der Waals surface area contributed by atoms with Crippen molar-refractivity contribution in [2.24, 2.45) is 7.05 Å². The van der Waals surface area contributed by atoms with Crippen molar-refractivity contribution in [1.29, 1.82) is 0 Å². The summed E-state index contributed by atoms with van der Waals surface area (Å²) in [6.07, 6.45) is 4.94. The molecular formula is C11H12ClN3O2S. The fraction of sp³-hybridized carbons (Fsp3) is 0.182. The lowest BCUT2D eigenvalue weighted by Gasteiger charge is -2.05. The molecule has 2 rings (SSSR count). The molecular weight excluding hydrogens is 274 g/mol. The van der Waals surface area contributed by atoms with Crippen LogP contribution in [0.25, 0.3) is 0 Å². The van der Waals surface area contributed by atoms with E-state index in [9.17, 15) is 8.42 Å². The monoisotopic (exact) mass is 285 g/mol. The lowest BCUT2D eigenvalue weighted by atomic mass is 10.4. The summed E-state index contributed by atoms with van der Waals surface area (Å²) in [5.74, 6) is 0. The molecule has 0 aliphatic rings. The van der Waals surface area contributed by atoms with E-state index in [1.54, 1.807) is 0 Å². The molecule has 0 aromatic carbocycles. The summed E-state index contributed by atoms with van der Waals surface area (Å²) >= 11 is 5.61. The van der Waals surface area contributed by atoms with E-state index in [1.165, 1.54) is 18.3 Å². The summed E-state index contributed by atoms with van der Waals surface area (Å²) in [6, 6.07) is 4.71. The molecule has 1 N–H and O–H groups in total. The van der Waals surface area contributed by atoms with E-state index < -0.39 is 10.0 Å². The summed E-state index contributed by atoms with van der Waals surface area (Å²) in [6.45, 7) is 0.242. The van der Waals surface area contributed by atoms with Gasteiger partial charge in [0.1, 0.15) is 10.0 Å². The molecule has 0 atom stereocenters. The highest BCUT2D eigenvalue weighted by molar-refractivity contribution is 7.89. The van der Waals surface area contributed by atoms with Crippen LogP contribution in [0.3, 0.4) is 0 Å². The molecule has 18 heavy (non-hydrogen) atoms. The van der Waals surface area contributed by atoms with Gasteiger partial charge in [-0.2, -0.15) is 0 Å². The predicted octanol–water partition coefficient (Wildman–Crippen LogP) is 1.55. The summed E-state index contributed by atoms with van der Waals surface area (Å²) in [5, 5.41) is 0.261. The van der Waals surface area contributed by atoms with Gasteiger partial charge in [0, 0.05) is 32.2 Å². The molecule has 0 unspecified atom stereocenters. The standard InChI is InChI=1S/C11H12ClN3O2S/c1-15-5-4-9(8-15)6-14-18(16,17)10-2-3-11(12)13-7-10/h2-5,7-8,14H,6H2,1H3. The number of nitrogens with one attached hydrogen (secondary N) is 1. The van der Waals surface area contributed by atoms with E-state index in [2.05, 4.69) is 9.71 Å². The fourth-order valence-electron chi connectivity index (χ4n) is 1.45. The number of halogens is 1. The van der Waals surface area contributed by atoms with Gasteiger partial charge in [0.25, 0.3) is 0 Å². The second-order valence-electron chi connectivity index (χ2n) is 3.83. The maximum absolute atomic E-state index is 11.9. The number of hydrogen-bond donors (Lipinski definition) is 1. The van der Waals surface area contributed by atoms with Gasteiger partial charge < -0.3 is 4.57 Å². The molecule has 2 heterocycles. The van der Waals surface area contributed by atoms with Crippen molar-refractivity contribution in [3.63, 3.8) is 0 Å². The zero-order chi connectivity index (χ0) is 13.2. The Morgan fingerprint density at radius 1 is 1.39 bits per heavy atom. The van der Waals surface area contributed by atoms with Crippen molar-refractivity contribution < 1.29 is 8.42 Å². The van der Waals surface area contributed by atoms with Gasteiger partial charge in [0.15, 0.2) is 0 Å². The highest BCUT2D eigenvalue weighted by Gasteiger charge is 2.14. The van der Waals surface area contributed by atoms with Crippen LogP contribution >= 0.6 is 11.6 Å². The number of aromatic nitrogens is 2. The normalized spacial score (nSPS) is 11.7. The minimum atomic E-state index is -3.55. The number of rotatable bonds is 4. The zero-order valence-electron chi connectivity index (χ0n) is 9.67. The van der Waals surface area contributed by atoms with Gasteiger partial charge in [-0.25, -0.2) is 18.1 Å². The molecule has 0 bridgehead atoms. The van der Waals surface area contributed by atoms with Crippen molar-refractivity contribution in [1.82, 2.24) is 14.3 Å². The second-order valence-corrected chi connectivity index (χ2v) is 5.98. The van der Waals surface area contributed by atoms with Crippen LogP contribution in [0.15, 0.2) is 41.7 Å². The first kappa shape index (κ1) is 13.1. The average molecular weight is 286 g/mol. The summed E-state index contributed by atoms with van der Waals surface area (Å²) in [5.41, 5.74) is 0.892. The average Bonchev–Trinajstić information content (AvgIpc) is 2.73. The van der Waals surface area contributed by atoms with Gasteiger partial charge in [-0.15, -0.1) is 0 Å². The van der Waals surface area contributed by atoms with Gasteiger partial charge in [0.2, 0.25) is 10.0 Å². The molecule has 0 radical (unpaired) electrons. The van der Waals surface area contributed by atoms with Gasteiger partial charge >= 0.3 is 0 Å². The summed E-state index contributed by atoms with van der Waals surface area (Å²) in [7, 11) is -1.67.